The van der Waals surface area contributed by atoms with E-state index in [-0.39, 0.29) is 26.3 Å². The van der Waals surface area contributed by atoms with E-state index < -0.39 is 11.9 Å². The monoisotopic (exact) mass is 263 g/mol. The van der Waals surface area contributed by atoms with Crippen molar-refractivity contribution in [3.05, 3.63) is 29.8 Å². The van der Waals surface area contributed by atoms with Crippen molar-refractivity contribution in [2.24, 2.45) is 5.92 Å². The van der Waals surface area contributed by atoms with Crippen LogP contribution in [0.25, 0.3) is 0 Å². The van der Waals surface area contributed by atoms with E-state index in [1.165, 1.54) is 5.56 Å². The molecule has 1 heterocycles. The quantitative estimate of drug-likeness (QED) is 0.912. The fourth-order valence-electron chi connectivity index (χ4n) is 2.16. The minimum absolute atomic E-state index is 0. The molecule has 1 aliphatic heterocycles. The van der Waals surface area contributed by atoms with E-state index in [4.69, 9.17) is 5.11 Å². The van der Waals surface area contributed by atoms with Gasteiger partial charge in [-0.1, -0.05) is 33.4 Å². The lowest BCUT2D eigenvalue weighted by molar-refractivity contribution is -0.141. The number of carboxylic acids is 1. The number of carbonyl (C=O) groups is 2. The highest BCUT2D eigenvalue weighted by atomic mass is 16.4. The van der Waals surface area contributed by atoms with Gasteiger partial charge in [0.25, 0.3) is 0 Å². The van der Waals surface area contributed by atoms with Gasteiger partial charge in [-0.05, 0) is 23.6 Å². The molecule has 0 radical (unpaired) electrons. The molecule has 19 heavy (non-hydrogen) atoms. The first kappa shape index (κ1) is 15.2. The van der Waals surface area contributed by atoms with Gasteiger partial charge in [0.2, 0.25) is 5.91 Å². The van der Waals surface area contributed by atoms with Gasteiger partial charge in [0.05, 0.1) is 5.92 Å². The summed E-state index contributed by atoms with van der Waals surface area (Å²) >= 11 is 0. The summed E-state index contributed by atoms with van der Waals surface area (Å²) in [5.74, 6) is -1.15. The first-order valence-corrected chi connectivity index (χ1v) is 6.12. The van der Waals surface area contributed by atoms with Crippen molar-refractivity contribution in [1.29, 1.82) is 0 Å². The number of carbonyl (C=O) groups excluding carboxylic acids is 1. The fourth-order valence-corrected chi connectivity index (χ4v) is 2.16. The smallest absolute Gasteiger partial charge is 0.308 e. The van der Waals surface area contributed by atoms with Crippen LogP contribution >= 0.6 is 0 Å². The standard InChI is InChI=1S/C14H17NO3.CH4/c1-9(2)10-3-5-12(6-4-10)15-8-11(14(17)18)7-13(15)16;/h3-6,9,11H,7-8H2,1-2H3,(H,17,18);1H4. The normalized spacial score (nSPS) is 18.6. The zero-order valence-corrected chi connectivity index (χ0v) is 10.6. The third-order valence-corrected chi connectivity index (χ3v) is 3.35. The van der Waals surface area contributed by atoms with E-state index in [1.54, 1.807) is 4.90 Å². The highest BCUT2D eigenvalue weighted by molar-refractivity contribution is 5.99. The Morgan fingerprint density at radius 3 is 2.32 bits per heavy atom. The summed E-state index contributed by atoms with van der Waals surface area (Å²) < 4.78 is 0. The Morgan fingerprint density at radius 2 is 1.89 bits per heavy atom. The minimum atomic E-state index is -0.898. The maximum Gasteiger partial charge on any atom is 0.308 e. The number of rotatable bonds is 3. The maximum absolute atomic E-state index is 11.8. The summed E-state index contributed by atoms with van der Waals surface area (Å²) in [6, 6.07) is 7.75. The zero-order valence-electron chi connectivity index (χ0n) is 10.6. The average Bonchev–Trinajstić information content (AvgIpc) is 2.71. The zero-order chi connectivity index (χ0) is 13.3. The molecule has 1 aromatic rings. The van der Waals surface area contributed by atoms with Gasteiger partial charge in [-0.3, -0.25) is 9.59 Å². The second-order valence-corrected chi connectivity index (χ2v) is 4.99. The highest BCUT2D eigenvalue weighted by Gasteiger charge is 2.34. The van der Waals surface area contributed by atoms with Crippen LogP contribution in [-0.4, -0.2) is 23.5 Å². The van der Waals surface area contributed by atoms with E-state index in [9.17, 15) is 9.59 Å². The van der Waals surface area contributed by atoms with Gasteiger partial charge in [-0.25, -0.2) is 0 Å². The van der Waals surface area contributed by atoms with Gasteiger partial charge in [0, 0.05) is 18.7 Å². The number of hydrogen-bond acceptors (Lipinski definition) is 2. The van der Waals surface area contributed by atoms with Crippen molar-refractivity contribution in [2.45, 2.75) is 33.6 Å². The second kappa shape index (κ2) is 5.87. The number of anilines is 1. The summed E-state index contributed by atoms with van der Waals surface area (Å²) in [7, 11) is 0. The molecule has 0 aliphatic carbocycles. The third kappa shape index (κ3) is 3.13. The molecule has 0 saturated carbocycles. The first-order valence-electron chi connectivity index (χ1n) is 6.12. The molecule has 1 aliphatic rings. The van der Waals surface area contributed by atoms with Crippen molar-refractivity contribution in [2.75, 3.05) is 11.4 Å². The summed E-state index contributed by atoms with van der Waals surface area (Å²) in [6.45, 7) is 4.49. The van der Waals surface area contributed by atoms with E-state index in [1.807, 2.05) is 24.3 Å². The molecule has 4 nitrogen and oxygen atoms in total. The number of amides is 1. The molecular formula is C15H21NO3. The average molecular weight is 263 g/mol. The van der Waals surface area contributed by atoms with Gasteiger partial charge < -0.3 is 10.0 Å². The molecule has 1 atom stereocenters. The van der Waals surface area contributed by atoms with E-state index >= 15 is 0 Å². The van der Waals surface area contributed by atoms with Gasteiger partial charge in [-0.15, -0.1) is 0 Å². The molecule has 1 unspecified atom stereocenters. The Bertz CT molecular complexity index is 465. The molecule has 1 fully saturated rings. The number of carboxylic acid groups (broad SMARTS) is 1. The van der Waals surface area contributed by atoms with Crippen molar-refractivity contribution in [3.63, 3.8) is 0 Å². The number of aliphatic carboxylic acids is 1. The molecule has 1 amide bonds. The predicted octanol–water partition coefficient (Wildman–Crippen LogP) is 2.88. The van der Waals surface area contributed by atoms with Crippen molar-refractivity contribution in [1.82, 2.24) is 0 Å². The molecule has 104 valence electrons. The molecule has 0 bridgehead atoms. The van der Waals surface area contributed by atoms with Gasteiger partial charge >= 0.3 is 5.97 Å². The molecule has 0 spiro atoms. The summed E-state index contributed by atoms with van der Waals surface area (Å²) in [5, 5.41) is 8.93. The SMILES string of the molecule is C.CC(C)c1ccc(N2CC(C(=O)O)CC2=O)cc1. The summed E-state index contributed by atoms with van der Waals surface area (Å²) in [6.07, 6.45) is 0.0985. The van der Waals surface area contributed by atoms with Crippen LogP contribution in [0.3, 0.4) is 0 Å². The van der Waals surface area contributed by atoms with Crippen molar-refractivity contribution >= 4 is 17.6 Å². The number of benzene rings is 1. The van der Waals surface area contributed by atoms with Gasteiger partial charge in [0.15, 0.2) is 0 Å². The van der Waals surface area contributed by atoms with Gasteiger partial charge in [0.1, 0.15) is 0 Å². The number of hydrogen-bond donors (Lipinski definition) is 1. The molecule has 2 rings (SSSR count). The van der Waals surface area contributed by atoms with Crippen LogP contribution in [-0.2, 0) is 9.59 Å². The fraction of sp³-hybridized carbons (Fsp3) is 0.467. The predicted molar refractivity (Wildman–Crippen MR) is 75.4 cm³/mol. The highest BCUT2D eigenvalue weighted by Crippen LogP contribution is 2.26. The molecule has 1 N–H and O–H groups in total. The maximum atomic E-state index is 11.8. The van der Waals surface area contributed by atoms with E-state index in [0.717, 1.165) is 5.69 Å². The Morgan fingerprint density at radius 1 is 1.32 bits per heavy atom. The van der Waals surface area contributed by atoms with Crippen molar-refractivity contribution < 1.29 is 14.7 Å². The largest absolute Gasteiger partial charge is 0.481 e. The van der Waals surface area contributed by atoms with Crippen LogP contribution < -0.4 is 4.90 Å². The van der Waals surface area contributed by atoms with Crippen LogP contribution in [0.4, 0.5) is 5.69 Å². The lowest BCUT2D eigenvalue weighted by Gasteiger charge is -2.17. The lowest BCUT2D eigenvalue weighted by atomic mass is 10.0. The summed E-state index contributed by atoms with van der Waals surface area (Å²) in [5.41, 5.74) is 1.99. The van der Waals surface area contributed by atoms with E-state index in [0.29, 0.717) is 5.92 Å². The van der Waals surface area contributed by atoms with Crippen LogP contribution in [0, 0.1) is 5.92 Å². The minimum Gasteiger partial charge on any atom is -0.481 e. The van der Waals surface area contributed by atoms with Crippen LogP contribution in [0.2, 0.25) is 0 Å². The number of nitrogens with zero attached hydrogens (tertiary/aromatic N) is 1. The first-order chi connectivity index (χ1) is 8.49. The second-order valence-electron chi connectivity index (χ2n) is 4.99. The van der Waals surface area contributed by atoms with Gasteiger partial charge in [-0.2, -0.15) is 0 Å². The molecule has 0 aromatic heterocycles. The van der Waals surface area contributed by atoms with Crippen molar-refractivity contribution in [3.8, 4) is 0 Å². The Balaban J connectivity index is 0.00000180. The van der Waals surface area contributed by atoms with Crippen LogP contribution in [0.5, 0.6) is 0 Å². The topological polar surface area (TPSA) is 57.6 Å². The Kier molecular flexibility index (Phi) is 4.70. The van der Waals surface area contributed by atoms with Crippen LogP contribution in [0.1, 0.15) is 39.2 Å². The Hall–Kier alpha value is -1.84. The molecular weight excluding hydrogens is 242 g/mol. The van der Waals surface area contributed by atoms with Crippen LogP contribution in [0.15, 0.2) is 24.3 Å². The third-order valence-electron chi connectivity index (χ3n) is 3.35. The summed E-state index contributed by atoms with van der Waals surface area (Å²) in [4.78, 5) is 24.2. The molecule has 4 heteroatoms. The molecule has 1 aromatic carbocycles. The lowest BCUT2D eigenvalue weighted by Crippen LogP contribution is -2.25. The molecule has 1 saturated heterocycles. The van der Waals surface area contributed by atoms with E-state index in [2.05, 4.69) is 13.8 Å². The Labute approximate surface area is 114 Å².